The molecule has 0 radical (unpaired) electrons. The molecule has 0 aliphatic carbocycles. The lowest BCUT2D eigenvalue weighted by Gasteiger charge is -2.26. The third-order valence-electron chi connectivity index (χ3n) is 5.65. The molecule has 8 nitrogen and oxygen atoms in total. The van der Waals surface area contributed by atoms with Crippen molar-refractivity contribution in [3.8, 4) is 23.0 Å². The van der Waals surface area contributed by atoms with Gasteiger partial charge in [0.25, 0.3) is 5.89 Å². The molecule has 0 bridgehead atoms. The van der Waals surface area contributed by atoms with Crippen molar-refractivity contribution in [1.82, 2.24) is 24.2 Å². The predicted molar refractivity (Wildman–Crippen MR) is 114 cm³/mol. The van der Waals surface area contributed by atoms with Gasteiger partial charge in [-0.25, -0.2) is 12.8 Å². The van der Waals surface area contributed by atoms with Crippen LogP contribution in [0.2, 0.25) is 0 Å². The molecule has 32 heavy (non-hydrogen) atoms. The number of halogens is 1. The second-order valence-corrected chi connectivity index (χ2v) is 9.62. The largest absolute Gasteiger partial charge is 0.332 e. The van der Waals surface area contributed by atoms with Gasteiger partial charge in [0.15, 0.2) is 5.69 Å². The minimum Gasteiger partial charge on any atom is -0.332 e. The summed E-state index contributed by atoms with van der Waals surface area (Å²) < 4.78 is 48.9. The minimum absolute atomic E-state index is 0.0707. The van der Waals surface area contributed by atoms with E-state index in [0.717, 1.165) is 17.3 Å². The van der Waals surface area contributed by atoms with Crippen LogP contribution in [0.5, 0.6) is 0 Å². The zero-order valence-electron chi connectivity index (χ0n) is 17.5. The van der Waals surface area contributed by atoms with Crippen molar-refractivity contribution in [3.63, 3.8) is 0 Å². The van der Waals surface area contributed by atoms with Crippen molar-refractivity contribution in [2.45, 2.75) is 24.8 Å². The number of aryl methyl sites for hydroxylation is 2. The molecule has 0 atom stereocenters. The predicted octanol–water partition coefficient (Wildman–Crippen LogP) is 3.33. The first-order valence-corrected chi connectivity index (χ1v) is 11.5. The fourth-order valence-corrected chi connectivity index (χ4v) is 5.27. The summed E-state index contributed by atoms with van der Waals surface area (Å²) in [5.74, 6) is 0.0990. The number of aromatic nitrogens is 4. The molecule has 10 heteroatoms. The van der Waals surface area contributed by atoms with Gasteiger partial charge in [0, 0.05) is 43.4 Å². The first-order valence-electron chi connectivity index (χ1n) is 10.0. The third kappa shape index (κ3) is 3.41. The van der Waals surface area contributed by atoms with Gasteiger partial charge in [0.2, 0.25) is 15.8 Å². The highest BCUT2D eigenvalue weighted by Gasteiger charge is 2.34. The monoisotopic (exact) mass is 453 g/mol. The summed E-state index contributed by atoms with van der Waals surface area (Å²) in [6.45, 7) is 1.94. The smallest absolute Gasteiger partial charge is 0.279 e. The highest BCUT2D eigenvalue weighted by molar-refractivity contribution is 7.89. The van der Waals surface area contributed by atoms with Gasteiger partial charge < -0.3 is 4.52 Å². The lowest BCUT2D eigenvalue weighted by Crippen LogP contribution is -2.36. The van der Waals surface area contributed by atoms with E-state index in [4.69, 9.17) is 4.52 Å². The fourth-order valence-electron chi connectivity index (χ4n) is 3.85. The second-order valence-electron chi connectivity index (χ2n) is 7.69. The van der Waals surface area contributed by atoms with E-state index in [0.29, 0.717) is 29.1 Å². The van der Waals surface area contributed by atoms with Gasteiger partial charge in [0.05, 0.1) is 4.90 Å². The van der Waals surface area contributed by atoms with E-state index in [9.17, 15) is 12.8 Å². The summed E-state index contributed by atoms with van der Waals surface area (Å²) in [6.07, 6.45) is 0.464. The van der Waals surface area contributed by atoms with Crippen molar-refractivity contribution in [1.29, 1.82) is 0 Å². The summed E-state index contributed by atoms with van der Waals surface area (Å²) >= 11 is 0. The number of hydrogen-bond acceptors (Lipinski definition) is 6. The first kappa shape index (κ1) is 20.5. The Morgan fingerprint density at radius 1 is 1.12 bits per heavy atom. The summed E-state index contributed by atoms with van der Waals surface area (Å²) in [5.41, 5.74) is 3.26. The van der Waals surface area contributed by atoms with Crippen LogP contribution < -0.4 is 0 Å². The maximum absolute atomic E-state index is 14.0. The van der Waals surface area contributed by atoms with E-state index < -0.39 is 15.8 Å². The van der Waals surface area contributed by atoms with Gasteiger partial charge in [-0.05, 0) is 24.6 Å². The van der Waals surface area contributed by atoms with Gasteiger partial charge >= 0.3 is 0 Å². The Balaban J connectivity index is 1.50. The van der Waals surface area contributed by atoms with E-state index >= 15 is 0 Å². The van der Waals surface area contributed by atoms with Crippen molar-refractivity contribution >= 4 is 10.0 Å². The Bertz CT molecular complexity index is 1410. The van der Waals surface area contributed by atoms with E-state index in [1.165, 1.54) is 16.4 Å². The number of hydrogen-bond donors (Lipinski definition) is 0. The van der Waals surface area contributed by atoms with Gasteiger partial charge in [-0.3, -0.25) is 4.68 Å². The minimum atomic E-state index is -3.88. The molecule has 0 amide bonds. The molecule has 0 fully saturated rings. The molecular formula is C22H20FN5O3S. The van der Waals surface area contributed by atoms with E-state index in [-0.39, 0.29) is 23.9 Å². The van der Waals surface area contributed by atoms with E-state index in [2.05, 4.69) is 15.2 Å². The van der Waals surface area contributed by atoms with Crippen LogP contribution in [0.15, 0.2) is 57.9 Å². The Labute approximate surface area is 184 Å². The number of rotatable bonds is 4. The van der Waals surface area contributed by atoms with Crippen molar-refractivity contribution in [2.75, 3.05) is 6.54 Å². The topological polar surface area (TPSA) is 94.1 Å². The molecule has 0 unspecified atom stereocenters. The quantitative estimate of drug-likeness (QED) is 0.471. The highest BCUT2D eigenvalue weighted by Crippen LogP contribution is 2.32. The molecule has 4 aromatic rings. The van der Waals surface area contributed by atoms with Crippen molar-refractivity contribution < 1.29 is 17.3 Å². The molecule has 2 aromatic carbocycles. The molecule has 0 N–H and O–H groups in total. The Morgan fingerprint density at radius 3 is 2.66 bits per heavy atom. The van der Waals surface area contributed by atoms with Gasteiger partial charge in [0.1, 0.15) is 5.82 Å². The Hall–Kier alpha value is -3.37. The molecule has 0 spiro atoms. The molecule has 1 aliphatic heterocycles. The second kappa shape index (κ2) is 7.64. The Morgan fingerprint density at radius 2 is 1.91 bits per heavy atom. The van der Waals surface area contributed by atoms with Gasteiger partial charge in [-0.15, -0.1) is 0 Å². The number of fused-ring (bicyclic) bond motifs is 1. The summed E-state index contributed by atoms with van der Waals surface area (Å²) in [7, 11) is -2.08. The number of nitrogens with zero attached hydrogens (tertiary/aromatic N) is 5. The zero-order chi connectivity index (χ0) is 22.5. The third-order valence-corrected chi connectivity index (χ3v) is 7.49. The van der Waals surface area contributed by atoms with Crippen molar-refractivity contribution in [3.05, 3.63) is 71.2 Å². The Kier molecular flexibility index (Phi) is 4.90. The van der Waals surface area contributed by atoms with Crippen LogP contribution in [0, 0.1) is 12.7 Å². The lowest BCUT2D eigenvalue weighted by atomic mass is 10.1. The maximum Gasteiger partial charge on any atom is 0.279 e. The average Bonchev–Trinajstić information content (AvgIpc) is 3.41. The average molecular weight is 453 g/mol. The SMILES string of the molecule is Cc1ccc(S(=O)(=O)N2CCc3c(c(-c4nc(-c5ccccc5)no4)nn3C)C2)cc1F. The molecule has 1 aliphatic rings. The van der Waals surface area contributed by atoms with Crippen LogP contribution >= 0.6 is 0 Å². The fraction of sp³-hybridized carbons (Fsp3) is 0.227. The van der Waals surface area contributed by atoms with Crippen LogP contribution in [0.3, 0.4) is 0 Å². The van der Waals surface area contributed by atoms with Crippen molar-refractivity contribution in [2.24, 2.45) is 7.05 Å². The normalized spacial score (nSPS) is 14.5. The van der Waals surface area contributed by atoms with Crippen LogP contribution in [-0.2, 0) is 30.0 Å². The molecule has 0 saturated heterocycles. The standard InChI is InChI=1S/C22H20FN5O3S/c1-14-8-9-16(12-18(14)23)32(29,30)28-11-10-19-17(13-28)20(25-27(19)2)22-24-21(26-31-22)15-6-4-3-5-7-15/h3-9,12H,10-11,13H2,1-2H3. The summed E-state index contributed by atoms with van der Waals surface area (Å²) in [6, 6.07) is 13.4. The van der Waals surface area contributed by atoms with E-state index in [1.54, 1.807) is 18.7 Å². The van der Waals surface area contributed by atoms with Crippen LogP contribution in [0.4, 0.5) is 4.39 Å². The molecule has 164 valence electrons. The molecule has 5 rings (SSSR count). The molecule has 0 saturated carbocycles. The van der Waals surface area contributed by atoms with E-state index in [1.807, 2.05) is 30.3 Å². The van der Waals surface area contributed by atoms with Gasteiger partial charge in [-0.1, -0.05) is 41.6 Å². The molecule has 2 aromatic heterocycles. The van der Waals surface area contributed by atoms with Gasteiger partial charge in [-0.2, -0.15) is 14.4 Å². The number of benzene rings is 2. The van der Waals surface area contributed by atoms with Crippen LogP contribution in [0.1, 0.15) is 16.8 Å². The zero-order valence-corrected chi connectivity index (χ0v) is 18.3. The first-order chi connectivity index (χ1) is 15.3. The molecule has 3 heterocycles. The summed E-state index contributed by atoms with van der Waals surface area (Å²) in [5, 5.41) is 8.57. The maximum atomic E-state index is 14.0. The molecular weight excluding hydrogens is 433 g/mol. The van der Waals surface area contributed by atoms with Crippen LogP contribution in [-0.4, -0.2) is 39.2 Å². The summed E-state index contributed by atoms with van der Waals surface area (Å²) in [4.78, 5) is 4.40. The highest BCUT2D eigenvalue weighted by atomic mass is 32.2. The van der Waals surface area contributed by atoms with Crippen LogP contribution in [0.25, 0.3) is 23.0 Å². The lowest BCUT2D eigenvalue weighted by molar-refractivity contribution is 0.384. The number of sulfonamides is 1.